The molecular formula is C28H26O3. The Kier molecular flexibility index (Phi) is 7.22. The minimum atomic E-state index is 0.652. The average molecular weight is 411 g/mol. The Bertz CT molecular complexity index is 940. The van der Waals surface area contributed by atoms with Gasteiger partial charge in [-0.2, -0.15) is 0 Å². The highest BCUT2D eigenvalue weighted by Crippen LogP contribution is 2.22. The molecule has 0 aromatic heterocycles. The Morgan fingerprint density at radius 3 is 1.16 bits per heavy atom. The summed E-state index contributed by atoms with van der Waals surface area (Å²) in [5.74, 6) is 3.45. The van der Waals surface area contributed by atoms with Gasteiger partial charge in [-0.15, -0.1) is 0 Å². The molecule has 0 aliphatic rings. The zero-order valence-corrected chi connectivity index (χ0v) is 17.4. The van der Waals surface area contributed by atoms with E-state index >= 15 is 0 Å². The van der Waals surface area contributed by atoms with Crippen LogP contribution in [0.1, 0.15) is 11.1 Å². The van der Waals surface area contributed by atoms with Crippen LogP contribution in [0.5, 0.6) is 23.0 Å². The number of hydrogen-bond acceptors (Lipinski definition) is 3. The van der Waals surface area contributed by atoms with E-state index in [1.54, 1.807) is 0 Å². The van der Waals surface area contributed by atoms with Crippen molar-refractivity contribution in [3.05, 3.63) is 120 Å². The number of rotatable bonds is 10. The molecule has 156 valence electrons. The predicted molar refractivity (Wildman–Crippen MR) is 124 cm³/mol. The number of benzene rings is 4. The fourth-order valence-corrected chi connectivity index (χ4v) is 3.19. The Labute approximate surface area is 183 Å². The van der Waals surface area contributed by atoms with E-state index in [4.69, 9.17) is 14.2 Å². The van der Waals surface area contributed by atoms with Crippen LogP contribution >= 0.6 is 0 Å². The highest BCUT2D eigenvalue weighted by Gasteiger charge is 2.01. The van der Waals surface area contributed by atoms with Gasteiger partial charge in [0.1, 0.15) is 23.0 Å². The van der Waals surface area contributed by atoms with Gasteiger partial charge in [0.15, 0.2) is 0 Å². The first-order chi connectivity index (χ1) is 15.3. The maximum atomic E-state index is 5.97. The van der Waals surface area contributed by atoms with Crippen LogP contribution < -0.4 is 14.2 Å². The first-order valence-electron chi connectivity index (χ1n) is 10.6. The maximum Gasteiger partial charge on any atom is 0.127 e. The number of hydrogen-bond donors (Lipinski definition) is 0. The zero-order valence-electron chi connectivity index (χ0n) is 17.4. The molecular weight excluding hydrogens is 384 g/mol. The molecule has 0 heterocycles. The van der Waals surface area contributed by atoms with E-state index in [2.05, 4.69) is 24.3 Å². The third-order valence-corrected chi connectivity index (χ3v) is 4.89. The van der Waals surface area contributed by atoms with Crippen LogP contribution in [0, 0.1) is 0 Å². The molecule has 0 amide bonds. The van der Waals surface area contributed by atoms with Crippen LogP contribution in [0.25, 0.3) is 0 Å². The fraction of sp³-hybridized carbons (Fsp3) is 0.143. The lowest BCUT2D eigenvalue weighted by molar-refractivity contribution is 0.322. The van der Waals surface area contributed by atoms with Crippen LogP contribution in [-0.4, -0.2) is 13.2 Å². The molecule has 4 aromatic carbocycles. The van der Waals surface area contributed by atoms with Crippen LogP contribution in [0.4, 0.5) is 0 Å². The van der Waals surface area contributed by atoms with Gasteiger partial charge in [-0.05, 0) is 59.7 Å². The molecule has 0 unspecified atom stereocenters. The molecule has 0 aliphatic carbocycles. The average Bonchev–Trinajstić information content (AvgIpc) is 2.83. The van der Waals surface area contributed by atoms with Crippen molar-refractivity contribution in [2.75, 3.05) is 13.2 Å². The van der Waals surface area contributed by atoms with Crippen molar-refractivity contribution in [2.24, 2.45) is 0 Å². The highest BCUT2D eigenvalue weighted by atomic mass is 16.5. The quantitative estimate of drug-likeness (QED) is 0.290. The topological polar surface area (TPSA) is 27.7 Å². The Balaban J connectivity index is 1.21. The van der Waals surface area contributed by atoms with Gasteiger partial charge in [-0.3, -0.25) is 0 Å². The van der Waals surface area contributed by atoms with E-state index in [-0.39, 0.29) is 0 Å². The molecule has 4 rings (SSSR count). The molecule has 0 saturated heterocycles. The molecule has 3 nitrogen and oxygen atoms in total. The molecule has 31 heavy (non-hydrogen) atoms. The van der Waals surface area contributed by atoms with Gasteiger partial charge in [-0.25, -0.2) is 0 Å². The third kappa shape index (κ3) is 6.65. The van der Waals surface area contributed by atoms with Gasteiger partial charge in [0.2, 0.25) is 0 Å². The normalized spacial score (nSPS) is 10.5. The fourth-order valence-electron chi connectivity index (χ4n) is 3.19. The lowest BCUT2D eigenvalue weighted by atomic mass is 10.1. The maximum absolute atomic E-state index is 5.97. The number of para-hydroxylation sites is 2. The van der Waals surface area contributed by atoms with Crippen LogP contribution in [0.15, 0.2) is 109 Å². The van der Waals surface area contributed by atoms with Crippen LogP contribution in [0.3, 0.4) is 0 Å². The second-order valence-electron chi connectivity index (χ2n) is 7.21. The third-order valence-electron chi connectivity index (χ3n) is 4.89. The summed E-state index contributed by atoms with van der Waals surface area (Å²) in [6.07, 6.45) is 1.71. The first kappa shape index (κ1) is 20.5. The zero-order chi connectivity index (χ0) is 21.1. The molecule has 0 radical (unpaired) electrons. The first-order valence-corrected chi connectivity index (χ1v) is 10.6. The summed E-state index contributed by atoms with van der Waals surface area (Å²) in [7, 11) is 0. The summed E-state index contributed by atoms with van der Waals surface area (Å²) < 4.78 is 17.5. The van der Waals surface area contributed by atoms with Crippen molar-refractivity contribution in [1.29, 1.82) is 0 Å². The summed E-state index contributed by atoms with van der Waals surface area (Å²) in [6.45, 7) is 1.30. The second kappa shape index (κ2) is 10.9. The summed E-state index contributed by atoms with van der Waals surface area (Å²) in [4.78, 5) is 0. The van der Waals surface area contributed by atoms with E-state index in [9.17, 15) is 0 Å². The van der Waals surface area contributed by atoms with Gasteiger partial charge >= 0.3 is 0 Å². The Morgan fingerprint density at radius 1 is 0.387 bits per heavy atom. The van der Waals surface area contributed by atoms with Crippen molar-refractivity contribution < 1.29 is 14.2 Å². The van der Waals surface area contributed by atoms with Gasteiger partial charge in [0, 0.05) is 12.8 Å². The molecule has 3 heteroatoms. The van der Waals surface area contributed by atoms with E-state index < -0.39 is 0 Å². The van der Waals surface area contributed by atoms with Gasteiger partial charge in [0.25, 0.3) is 0 Å². The summed E-state index contributed by atoms with van der Waals surface area (Å²) in [5, 5.41) is 0. The lowest BCUT2D eigenvalue weighted by Crippen LogP contribution is -2.01. The smallest absolute Gasteiger partial charge is 0.127 e. The van der Waals surface area contributed by atoms with Crippen molar-refractivity contribution >= 4 is 0 Å². The van der Waals surface area contributed by atoms with Gasteiger partial charge in [-0.1, -0.05) is 60.7 Å². The summed E-state index contributed by atoms with van der Waals surface area (Å²) >= 11 is 0. The monoisotopic (exact) mass is 410 g/mol. The lowest BCUT2D eigenvalue weighted by Gasteiger charge is -2.09. The van der Waals surface area contributed by atoms with Crippen LogP contribution in [-0.2, 0) is 12.8 Å². The molecule has 0 bridgehead atoms. The summed E-state index contributed by atoms with van der Waals surface area (Å²) in [5.41, 5.74) is 2.44. The summed E-state index contributed by atoms with van der Waals surface area (Å²) in [6, 6.07) is 36.1. The highest BCUT2D eigenvalue weighted by molar-refractivity contribution is 5.35. The molecule has 0 spiro atoms. The molecule has 0 saturated carbocycles. The van der Waals surface area contributed by atoms with Crippen molar-refractivity contribution in [3.8, 4) is 23.0 Å². The molecule has 0 aliphatic heterocycles. The van der Waals surface area contributed by atoms with E-state index in [0.717, 1.165) is 35.8 Å². The van der Waals surface area contributed by atoms with Gasteiger partial charge < -0.3 is 14.2 Å². The van der Waals surface area contributed by atoms with E-state index in [1.807, 2.05) is 84.9 Å². The number of ether oxygens (including phenoxy) is 3. The minimum absolute atomic E-state index is 0.652. The van der Waals surface area contributed by atoms with Crippen molar-refractivity contribution in [1.82, 2.24) is 0 Å². The second-order valence-corrected chi connectivity index (χ2v) is 7.21. The van der Waals surface area contributed by atoms with E-state index in [0.29, 0.717) is 13.2 Å². The Morgan fingerprint density at radius 2 is 0.774 bits per heavy atom. The molecule has 0 atom stereocenters. The standard InChI is InChI=1S/C28H26O3/c1-3-7-25(8-4-1)29-21-19-23-11-15-27(16-12-23)31-28-17-13-24(14-18-28)20-22-30-26-9-5-2-6-10-26/h1-18H,19-22H2. The molecule has 0 N–H and O–H groups in total. The van der Waals surface area contributed by atoms with Crippen molar-refractivity contribution in [2.45, 2.75) is 12.8 Å². The minimum Gasteiger partial charge on any atom is -0.493 e. The van der Waals surface area contributed by atoms with Gasteiger partial charge in [0.05, 0.1) is 13.2 Å². The van der Waals surface area contributed by atoms with Crippen molar-refractivity contribution in [3.63, 3.8) is 0 Å². The largest absolute Gasteiger partial charge is 0.493 e. The SMILES string of the molecule is c1ccc(OCCc2ccc(Oc3ccc(CCOc4ccccc4)cc3)cc2)cc1. The molecule has 0 fully saturated rings. The molecule has 4 aromatic rings. The Hall–Kier alpha value is -3.72. The van der Waals surface area contributed by atoms with Crippen LogP contribution in [0.2, 0.25) is 0 Å². The predicted octanol–water partition coefficient (Wildman–Crippen LogP) is 6.72. The van der Waals surface area contributed by atoms with E-state index in [1.165, 1.54) is 11.1 Å².